The SMILES string of the molecule is OC1c2ccccc2C=C(Br)c2cccnc21. The van der Waals surface area contributed by atoms with Gasteiger partial charge in [-0.1, -0.05) is 46.3 Å². The van der Waals surface area contributed by atoms with E-state index in [2.05, 4.69) is 20.9 Å². The molecule has 1 N–H and O–H groups in total. The fourth-order valence-corrected chi connectivity index (χ4v) is 2.67. The number of benzene rings is 1. The lowest BCUT2D eigenvalue weighted by Crippen LogP contribution is -2.04. The van der Waals surface area contributed by atoms with Crippen LogP contribution >= 0.6 is 15.9 Å². The lowest BCUT2D eigenvalue weighted by atomic mass is 10.0. The van der Waals surface area contributed by atoms with Crippen LogP contribution in [-0.2, 0) is 0 Å². The number of aliphatic hydroxyl groups is 1. The van der Waals surface area contributed by atoms with Gasteiger partial charge in [-0.15, -0.1) is 0 Å². The van der Waals surface area contributed by atoms with E-state index < -0.39 is 6.10 Å². The largest absolute Gasteiger partial charge is 0.382 e. The molecule has 2 aromatic rings. The number of hydrogen-bond acceptors (Lipinski definition) is 2. The molecule has 1 unspecified atom stereocenters. The molecule has 17 heavy (non-hydrogen) atoms. The molecule has 2 nitrogen and oxygen atoms in total. The Hall–Kier alpha value is -1.45. The zero-order chi connectivity index (χ0) is 11.8. The van der Waals surface area contributed by atoms with Crippen LogP contribution in [-0.4, -0.2) is 10.1 Å². The third-order valence-electron chi connectivity index (χ3n) is 2.93. The summed E-state index contributed by atoms with van der Waals surface area (Å²) in [7, 11) is 0. The van der Waals surface area contributed by atoms with Crippen molar-refractivity contribution in [3.8, 4) is 0 Å². The van der Waals surface area contributed by atoms with E-state index >= 15 is 0 Å². The first kappa shape index (κ1) is 10.7. The first-order chi connectivity index (χ1) is 8.27. The van der Waals surface area contributed by atoms with Crippen LogP contribution < -0.4 is 0 Å². The number of rotatable bonds is 0. The van der Waals surface area contributed by atoms with E-state index in [4.69, 9.17) is 0 Å². The van der Waals surface area contributed by atoms with Crippen LogP contribution in [0.3, 0.4) is 0 Å². The van der Waals surface area contributed by atoms with Gasteiger partial charge in [0.05, 0.1) is 5.69 Å². The minimum atomic E-state index is -0.673. The van der Waals surface area contributed by atoms with Gasteiger partial charge in [0.1, 0.15) is 6.10 Å². The minimum Gasteiger partial charge on any atom is -0.382 e. The highest BCUT2D eigenvalue weighted by Gasteiger charge is 2.22. The van der Waals surface area contributed by atoms with Crippen LogP contribution in [0.4, 0.5) is 0 Å². The van der Waals surface area contributed by atoms with Crippen molar-refractivity contribution >= 4 is 26.5 Å². The van der Waals surface area contributed by atoms with Gasteiger partial charge in [0.15, 0.2) is 0 Å². The average Bonchev–Trinajstić information content (AvgIpc) is 2.48. The summed E-state index contributed by atoms with van der Waals surface area (Å²) < 4.78 is 0.949. The van der Waals surface area contributed by atoms with Gasteiger partial charge in [0, 0.05) is 16.2 Å². The second kappa shape index (κ2) is 4.09. The number of nitrogens with zero attached hydrogens (tertiary/aromatic N) is 1. The predicted octanol–water partition coefficient (Wildman–Crippen LogP) is 3.37. The summed E-state index contributed by atoms with van der Waals surface area (Å²) in [4.78, 5) is 4.29. The lowest BCUT2D eigenvalue weighted by molar-refractivity contribution is 0.215. The summed E-state index contributed by atoms with van der Waals surface area (Å²) in [5.74, 6) is 0. The maximum Gasteiger partial charge on any atom is 0.122 e. The molecule has 0 aliphatic heterocycles. The molecule has 0 fully saturated rings. The van der Waals surface area contributed by atoms with Crippen LogP contribution in [0.5, 0.6) is 0 Å². The number of hydrogen-bond donors (Lipinski definition) is 1. The standard InChI is InChI=1S/C14H10BrNO/c15-12-8-9-4-1-2-5-10(9)14(17)13-11(12)6-3-7-16-13/h1-8,14,17H. The summed E-state index contributed by atoms with van der Waals surface area (Å²) in [6.45, 7) is 0. The number of aromatic nitrogens is 1. The van der Waals surface area contributed by atoms with E-state index in [1.807, 2.05) is 42.5 Å². The van der Waals surface area contributed by atoms with Crippen molar-refractivity contribution in [3.05, 3.63) is 65.0 Å². The molecule has 3 heteroatoms. The maximum atomic E-state index is 10.4. The zero-order valence-corrected chi connectivity index (χ0v) is 10.6. The molecule has 1 heterocycles. The van der Waals surface area contributed by atoms with Gasteiger partial charge >= 0.3 is 0 Å². The molecule has 0 saturated carbocycles. The third kappa shape index (κ3) is 1.72. The van der Waals surface area contributed by atoms with Gasteiger partial charge in [0.25, 0.3) is 0 Å². The number of halogens is 1. The van der Waals surface area contributed by atoms with E-state index in [9.17, 15) is 5.11 Å². The summed E-state index contributed by atoms with van der Waals surface area (Å²) >= 11 is 3.54. The van der Waals surface area contributed by atoms with E-state index in [1.165, 1.54) is 0 Å². The smallest absolute Gasteiger partial charge is 0.122 e. The van der Waals surface area contributed by atoms with Crippen LogP contribution in [0.2, 0.25) is 0 Å². The normalized spacial score (nSPS) is 17.8. The molecule has 0 bridgehead atoms. The van der Waals surface area contributed by atoms with Crippen molar-refractivity contribution in [1.82, 2.24) is 4.98 Å². The number of fused-ring (bicyclic) bond motifs is 2. The molecule has 0 saturated heterocycles. The van der Waals surface area contributed by atoms with E-state index in [-0.39, 0.29) is 0 Å². The Balaban J connectivity index is 2.32. The van der Waals surface area contributed by atoms with Crippen molar-refractivity contribution in [2.75, 3.05) is 0 Å². The molecular weight excluding hydrogens is 278 g/mol. The van der Waals surface area contributed by atoms with Crippen molar-refractivity contribution in [2.24, 2.45) is 0 Å². The Labute approximate surface area is 108 Å². The van der Waals surface area contributed by atoms with Crippen molar-refractivity contribution in [3.63, 3.8) is 0 Å². The molecule has 0 amide bonds. The number of aliphatic hydroxyl groups excluding tert-OH is 1. The summed E-state index contributed by atoms with van der Waals surface area (Å²) in [5, 5.41) is 10.4. The van der Waals surface area contributed by atoms with Crippen molar-refractivity contribution in [2.45, 2.75) is 6.10 Å². The topological polar surface area (TPSA) is 33.1 Å². The Morgan fingerprint density at radius 1 is 1.12 bits per heavy atom. The molecule has 3 rings (SSSR count). The van der Waals surface area contributed by atoms with Gasteiger partial charge in [-0.25, -0.2) is 0 Å². The fraction of sp³-hybridized carbons (Fsp3) is 0.0714. The highest BCUT2D eigenvalue weighted by molar-refractivity contribution is 9.15. The summed E-state index contributed by atoms with van der Waals surface area (Å²) in [5.41, 5.74) is 3.54. The Bertz CT molecular complexity index is 607. The highest BCUT2D eigenvalue weighted by Crippen LogP contribution is 2.37. The van der Waals surface area contributed by atoms with Gasteiger partial charge in [-0.2, -0.15) is 0 Å². The second-order valence-corrected chi connectivity index (χ2v) is 4.81. The van der Waals surface area contributed by atoms with Crippen LogP contribution in [0.15, 0.2) is 42.6 Å². The van der Waals surface area contributed by atoms with E-state index in [1.54, 1.807) is 6.20 Å². The van der Waals surface area contributed by atoms with E-state index in [0.717, 1.165) is 21.2 Å². The average molecular weight is 288 g/mol. The molecule has 84 valence electrons. The molecule has 1 aromatic heterocycles. The lowest BCUT2D eigenvalue weighted by Gasteiger charge is -2.12. The zero-order valence-electron chi connectivity index (χ0n) is 8.97. The van der Waals surface area contributed by atoms with Crippen molar-refractivity contribution < 1.29 is 5.11 Å². The Kier molecular flexibility index (Phi) is 2.57. The highest BCUT2D eigenvalue weighted by atomic mass is 79.9. The molecular formula is C14H10BrNO. The summed E-state index contributed by atoms with van der Waals surface area (Å²) in [6.07, 6.45) is 3.05. The minimum absolute atomic E-state index is 0.673. The van der Waals surface area contributed by atoms with Gasteiger partial charge in [-0.3, -0.25) is 4.98 Å². The Morgan fingerprint density at radius 3 is 2.82 bits per heavy atom. The van der Waals surface area contributed by atoms with Crippen LogP contribution in [0.25, 0.3) is 10.6 Å². The quantitative estimate of drug-likeness (QED) is 0.806. The summed E-state index contributed by atoms with van der Waals surface area (Å²) in [6, 6.07) is 11.6. The molecule has 0 radical (unpaired) electrons. The molecule has 0 spiro atoms. The van der Waals surface area contributed by atoms with Gasteiger partial charge < -0.3 is 5.11 Å². The third-order valence-corrected chi connectivity index (χ3v) is 3.58. The van der Waals surface area contributed by atoms with Gasteiger partial charge in [0.2, 0.25) is 0 Å². The van der Waals surface area contributed by atoms with Crippen molar-refractivity contribution in [1.29, 1.82) is 0 Å². The second-order valence-electron chi connectivity index (χ2n) is 3.96. The fourth-order valence-electron chi connectivity index (χ4n) is 2.09. The first-order valence-electron chi connectivity index (χ1n) is 5.37. The predicted molar refractivity (Wildman–Crippen MR) is 71.5 cm³/mol. The van der Waals surface area contributed by atoms with E-state index in [0.29, 0.717) is 5.69 Å². The molecule has 1 aliphatic rings. The number of pyridine rings is 1. The molecule has 1 aliphatic carbocycles. The van der Waals surface area contributed by atoms with Crippen LogP contribution in [0.1, 0.15) is 28.5 Å². The first-order valence-corrected chi connectivity index (χ1v) is 6.16. The van der Waals surface area contributed by atoms with Gasteiger partial charge in [-0.05, 0) is 23.3 Å². The maximum absolute atomic E-state index is 10.4. The Morgan fingerprint density at radius 2 is 1.94 bits per heavy atom. The molecule has 1 atom stereocenters. The monoisotopic (exact) mass is 287 g/mol. The van der Waals surface area contributed by atoms with Crippen LogP contribution in [0, 0.1) is 0 Å². The molecule has 1 aromatic carbocycles.